The summed E-state index contributed by atoms with van der Waals surface area (Å²) >= 11 is 0. The van der Waals surface area contributed by atoms with Crippen molar-refractivity contribution >= 4 is 39.5 Å². The highest BCUT2D eigenvalue weighted by atomic mass is 31.2. The van der Waals surface area contributed by atoms with E-state index in [1.807, 2.05) is 0 Å². The summed E-state index contributed by atoms with van der Waals surface area (Å²) in [6.07, 6.45) is 50.8. The summed E-state index contributed by atoms with van der Waals surface area (Å²) in [5, 5.41) is 10.6. The zero-order valence-electron chi connectivity index (χ0n) is 59.5. The molecule has 0 rings (SSSR count). The summed E-state index contributed by atoms with van der Waals surface area (Å²) in [5.74, 6) is 0.0661. The molecule has 542 valence electrons. The minimum absolute atomic E-state index is 0.0845. The zero-order valence-corrected chi connectivity index (χ0v) is 61.3. The van der Waals surface area contributed by atoms with E-state index in [4.69, 9.17) is 37.0 Å². The summed E-state index contributed by atoms with van der Waals surface area (Å²) in [6, 6.07) is 0. The predicted octanol–water partition coefficient (Wildman–Crippen LogP) is 20.6. The molecule has 3 unspecified atom stereocenters. The predicted molar refractivity (Wildman–Crippen MR) is 372 cm³/mol. The van der Waals surface area contributed by atoms with Crippen LogP contribution in [0.3, 0.4) is 0 Å². The number of carbonyl (C=O) groups is 4. The van der Waals surface area contributed by atoms with Crippen LogP contribution in [0.15, 0.2) is 24.3 Å². The van der Waals surface area contributed by atoms with Crippen LogP contribution in [0.1, 0.15) is 344 Å². The molecular weight excluding hydrogens is 1210 g/mol. The van der Waals surface area contributed by atoms with Gasteiger partial charge in [-0.3, -0.25) is 37.3 Å². The molecule has 0 fully saturated rings. The quantitative estimate of drug-likeness (QED) is 0.0169. The molecule has 0 amide bonds. The van der Waals surface area contributed by atoms with Gasteiger partial charge in [-0.05, 0) is 69.1 Å². The van der Waals surface area contributed by atoms with Gasteiger partial charge in [-0.25, -0.2) is 9.13 Å². The van der Waals surface area contributed by atoms with Crippen molar-refractivity contribution in [2.45, 2.75) is 362 Å². The van der Waals surface area contributed by atoms with Crippen LogP contribution >= 0.6 is 15.6 Å². The molecule has 0 bridgehead atoms. The molecule has 0 heterocycles. The number of hydrogen-bond donors (Lipinski definition) is 3. The summed E-state index contributed by atoms with van der Waals surface area (Å²) in [7, 11) is -9.92. The molecule has 19 heteroatoms. The lowest BCUT2D eigenvalue weighted by Crippen LogP contribution is -2.30. The molecule has 0 aliphatic rings. The number of carbonyl (C=O) groups excluding carboxylic acids is 4. The number of rotatable bonds is 69. The average Bonchev–Trinajstić information content (AvgIpc) is 1.47. The molecule has 0 spiro atoms. The van der Waals surface area contributed by atoms with Crippen molar-refractivity contribution in [3.63, 3.8) is 0 Å². The molecule has 3 N–H and O–H groups in total. The number of ether oxygens (including phenoxy) is 4. The van der Waals surface area contributed by atoms with Gasteiger partial charge in [0, 0.05) is 25.7 Å². The fourth-order valence-corrected chi connectivity index (χ4v) is 12.1. The number of unbranched alkanes of at least 4 members (excludes halogenated alkanes) is 34. The Morgan fingerprint density at radius 3 is 0.880 bits per heavy atom. The molecule has 0 saturated heterocycles. The van der Waals surface area contributed by atoms with E-state index in [9.17, 15) is 43.2 Å². The van der Waals surface area contributed by atoms with E-state index in [2.05, 4.69) is 72.8 Å². The van der Waals surface area contributed by atoms with Crippen molar-refractivity contribution in [2.75, 3.05) is 39.6 Å². The summed E-state index contributed by atoms with van der Waals surface area (Å²) in [6.45, 7) is 11.7. The third-order valence-corrected chi connectivity index (χ3v) is 18.2. The van der Waals surface area contributed by atoms with Gasteiger partial charge in [0.2, 0.25) is 0 Å². The minimum atomic E-state index is -4.96. The van der Waals surface area contributed by atoms with Gasteiger partial charge in [0.25, 0.3) is 0 Å². The van der Waals surface area contributed by atoms with Crippen LogP contribution in [0.4, 0.5) is 0 Å². The molecule has 0 aliphatic carbocycles. The second-order valence-electron chi connectivity index (χ2n) is 27.1. The van der Waals surface area contributed by atoms with Gasteiger partial charge >= 0.3 is 39.5 Å². The molecule has 0 saturated carbocycles. The van der Waals surface area contributed by atoms with Crippen LogP contribution in [-0.4, -0.2) is 96.7 Å². The Morgan fingerprint density at radius 1 is 0.337 bits per heavy atom. The van der Waals surface area contributed by atoms with Crippen LogP contribution in [0.2, 0.25) is 0 Å². The summed E-state index contributed by atoms with van der Waals surface area (Å²) < 4.78 is 68.3. The number of aliphatic hydroxyl groups excluding tert-OH is 1. The first-order chi connectivity index (χ1) is 44.2. The lowest BCUT2D eigenvalue weighted by Gasteiger charge is -2.21. The van der Waals surface area contributed by atoms with Crippen molar-refractivity contribution in [3.05, 3.63) is 24.3 Å². The zero-order chi connectivity index (χ0) is 68.0. The Hall–Kier alpha value is -2.46. The fraction of sp³-hybridized carbons (Fsp3) is 0.890. The van der Waals surface area contributed by atoms with Crippen molar-refractivity contribution < 1.29 is 80.2 Å². The maximum atomic E-state index is 13.0. The standard InChI is InChI=1S/C73H138O17P2/c1-8-9-10-11-12-13-14-15-16-17-22-25-35-42-49-56-72(77)89-68(60-83-70(75)54-47-40-33-24-21-19-18-20-23-30-37-44-51-64(2)3)62-87-91(79,80)85-58-67(74)59-86-92(81,82)88-63-69(90-73(78)57-50-43-36-29-27-32-39-46-53-66(6)7)61-84-71(76)55-48-41-34-28-26-31-38-45-52-65(4)5/h13-16,64-69,74H,8-12,17-63H2,1-7H3,(H,79,80)(H,81,82)/b14-13-,16-15-/t67?,68-,69-/m1/s1. The fourth-order valence-electron chi connectivity index (χ4n) is 10.5. The van der Waals surface area contributed by atoms with E-state index in [-0.39, 0.29) is 25.7 Å². The van der Waals surface area contributed by atoms with E-state index < -0.39 is 97.5 Å². The number of aliphatic hydroxyl groups is 1. The number of hydrogen-bond acceptors (Lipinski definition) is 15. The molecule has 5 atom stereocenters. The number of allylic oxidation sites excluding steroid dienone is 4. The molecule has 0 aromatic rings. The maximum Gasteiger partial charge on any atom is 0.472 e. The third-order valence-electron chi connectivity index (χ3n) is 16.3. The number of phosphoric acid groups is 2. The Morgan fingerprint density at radius 2 is 0.587 bits per heavy atom. The smallest absolute Gasteiger partial charge is 0.462 e. The van der Waals surface area contributed by atoms with E-state index in [0.29, 0.717) is 31.6 Å². The molecule has 0 aromatic carbocycles. The molecule has 17 nitrogen and oxygen atoms in total. The van der Waals surface area contributed by atoms with Gasteiger partial charge in [0.05, 0.1) is 26.4 Å². The number of esters is 4. The summed E-state index contributed by atoms with van der Waals surface area (Å²) in [4.78, 5) is 72.6. The SMILES string of the molecule is CCCCCC/C=C\C=C/CCCCCCCC(=O)O[C@H](COC(=O)CCCCCCCCCCCCCCC(C)C)COP(=O)(O)OCC(O)COP(=O)(O)OC[C@@H](COC(=O)CCCCCCCCCCC(C)C)OC(=O)CCCCCCCCCCC(C)C. The largest absolute Gasteiger partial charge is 0.472 e. The van der Waals surface area contributed by atoms with Gasteiger partial charge in [0.1, 0.15) is 19.3 Å². The van der Waals surface area contributed by atoms with Gasteiger partial charge in [0.15, 0.2) is 12.2 Å². The van der Waals surface area contributed by atoms with Gasteiger partial charge < -0.3 is 33.8 Å². The Bertz CT molecular complexity index is 1890. The highest BCUT2D eigenvalue weighted by Crippen LogP contribution is 2.45. The van der Waals surface area contributed by atoms with Gasteiger partial charge in [-0.15, -0.1) is 0 Å². The maximum absolute atomic E-state index is 13.0. The molecule has 0 aliphatic heterocycles. The van der Waals surface area contributed by atoms with Crippen LogP contribution in [0.5, 0.6) is 0 Å². The lowest BCUT2D eigenvalue weighted by atomic mass is 10.0. The second-order valence-corrected chi connectivity index (χ2v) is 30.0. The first kappa shape index (κ1) is 89.5. The monoisotopic (exact) mass is 1350 g/mol. The Kier molecular flexibility index (Phi) is 61.6. The lowest BCUT2D eigenvalue weighted by molar-refractivity contribution is -0.161. The number of phosphoric ester groups is 2. The van der Waals surface area contributed by atoms with Gasteiger partial charge in [-0.2, -0.15) is 0 Å². The van der Waals surface area contributed by atoms with Crippen molar-refractivity contribution in [2.24, 2.45) is 17.8 Å². The minimum Gasteiger partial charge on any atom is -0.462 e. The Labute approximate surface area is 561 Å². The van der Waals surface area contributed by atoms with Crippen LogP contribution in [0, 0.1) is 17.8 Å². The highest BCUT2D eigenvalue weighted by molar-refractivity contribution is 7.47. The van der Waals surface area contributed by atoms with E-state index >= 15 is 0 Å². The van der Waals surface area contributed by atoms with Crippen LogP contribution < -0.4 is 0 Å². The second kappa shape index (κ2) is 63.3. The van der Waals surface area contributed by atoms with E-state index in [0.717, 1.165) is 115 Å². The highest BCUT2D eigenvalue weighted by Gasteiger charge is 2.30. The van der Waals surface area contributed by atoms with E-state index in [1.54, 1.807) is 0 Å². The molecule has 0 aromatic heterocycles. The van der Waals surface area contributed by atoms with Gasteiger partial charge in [-0.1, -0.05) is 291 Å². The van der Waals surface area contributed by atoms with Crippen molar-refractivity contribution in [3.8, 4) is 0 Å². The Balaban J connectivity index is 5.29. The van der Waals surface area contributed by atoms with Crippen molar-refractivity contribution in [1.82, 2.24) is 0 Å². The normalized spacial score (nSPS) is 14.3. The average molecular weight is 1350 g/mol. The van der Waals surface area contributed by atoms with E-state index in [1.165, 1.54) is 141 Å². The van der Waals surface area contributed by atoms with Crippen LogP contribution in [0.25, 0.3) is 0 Å². The molecule has 92 heavy (non-hydrogen) atoms. The first-order valence-corrected chi connectivity index (χ1v) is 40.2. The molecule has 0 radical (unpaired) electrons. The molecular formula is C73H138O17P2. The topological polar surface area (TPSA) is 237 Å². The third kappa shape index (κ3) is 66.2. The summed E-state index contributed by atoms with van der Waals surface area (Å²) in [5.41, 5.74) is 0. The first-order valence-electron chi connectivity index (χ1n) is 37.2. The van der Waals surface area contributed by atoms with Crippen molar-refractivity contribution in [1.29, 1.82) is 0 Å². The van der Waals surface area contributed by atoms with Crippen LogP contribution in [-0.2, 0) is 65.4 Å².